The van der Waals surface area contributed by atoms with E-state index in [1.165, 1.54) is 11.8 Å². The van der Waals surface area contributed by atoms with Crippen molar-refractivity contribution in [1.82, 2.24) is 0 Å². The van der Waals surface area contributed by atoms with E-state index in [-0.39, 0.29) is 5.91 Å². The van der Waals surface area contributed by atoms with Crippen LogP contribution in [0.25, 0.3) is 6.08 Å². The van der Waals surface area contributed by atoms with Crippen LogP contribution in [-0.2, 0) is 4.79 Å². The van der Waals surface area contributed by atoms with Crippen molar-refractivity contribution in [3.05, 3.63) is 94.4 Å². The van der Waals surface area contributed by atoms with Crippen molar-refractivity contribution in [2.24, 2.45) is 4.99 Å². The monoisotopic (exact) mass is 427 g/mol. The highest BCUT2D eigenvalue weighted by Gasteiger charge is 2.35. The molecule has 0 saturated carbocycles. The van der Waals surface area contributed by atoms with Crippen molar-refractivity contribution < 1.29 is 4.79 Å². The maximum absolute atomic E-state index is 13.5. The molecule has 0 aromatic heterocycles. The Kier molecular flexibility index (Phi) is 5.96. The molecule has 3 aromatic rings. The van der Waals surface area contributed by atoms with Crippen LogP contribution in [0, 0.1) is 13.8 Å². The molecule has 0 spiro atoms. The molecule has 0 bridgehead atoms. The number of carbonyl (C=O) groups is 1. The molecule has 1 amide bonds. The Labute approximate surface area is 187 Å². The quantitative estimate of drug-likeness (QED) is 0.467. The lowest BCUT2D eigenvalue weighted by atomic mass is 10.1. The zero-order chi connectivity index (χ0) is 22.0. The number of hydrogen-bond acceptors (Lipinski definition) is 4. The molecule has 0 N–H and O–H groups in total. The minimum absolute atomic E-state index is 0.0525. The highest BCUT2D eigenvalue weighted by atomic mass is 32.2. The lowest BCUT2D eigenvalue weighted by molar-refractivity contribution is -0.113. The standard InChI is InChI=1S/C26H25N3OS/c1-18-9-5-7-11-22(18)27-26-29(23-12-8-6-10-19(23)2)25(30)24(31-26)17-20-13-15-21(16-14-20)28(3)4/h5-17H,1-4H3/b24-17+,27-26?. The molecule has 1 aliphatic rings. The van der Waals surface area contributed by atoms with Crippen LogP contribution in [0.2, 0.25) is 0 Å². The van der Waals surface area contributed by atoms with Crippen molar-refractivity contribution in [2.75, 3.05) is 23.9 Å². The first-order valence-electron chi connectivity index (χ1n) is 10.2. The molecule has 156 valence electrons. The van der Waals surface area contributed by atoms with Crippen molar-refractivity contribution in [2.45, 2.75) is 13.8 Å². The third-order valence-corrected chi connectivity index (χ3v) is 6.17. The smallest absolute Gasteiger partial charge is 0.271 e. The molecule has 0 radical (unpaired) electrons. The van der Waals surface area contributed by atoms with Crippen LogP contribution in [0.1, 0.15) is 16.7 Å². The van der Waals surface area contributed by atoms with Gasteiger partial charge in [0.1, 0.15) is 0 Å². The summed E-state index contributed by atoms with van der Waals surface area (Å²) >= 11 is 1.42. The summed E-state index contributed by atoms with van der Waals surface area (Å²) in [5, 5.41) is 0.671. The van der Waals surface area contributed by atoms with Gasteiger partial charge in [0, 0.05) is 19.8 Å². The minimum atomic E-state index is -0.0525. The maximum atomic E-state index is 13.5. The fourth-order valence-electron chi connectivity index (χ4n) is 3.39. The largest absolute Gasteiger partial charge is 0.378 e. The highest BCUT2D eigenvalue weighted by molar-refractivity contribution is 8.19. The number of amidine groups is 1. The number of thioether (sulfide) groups is 1. The van der Waals surface area contributed by atoms with Crippen LogP contribution in [0.15, 0.2) is 82.7 Å². The van der Waals surface area contributed by atoms with Gasteiger partial charge in [0.05, 0.1) is 16.3 Å². The Morgan fingerprint density at radius 1 is 0.871 bits per heavy atom. The number of benzene rings is 3. The van der Waals surface area contributed by atoms with Crippen molar-refractivity contribution in [3.63, 3.8) is 0 Å². The van der Waals surface area contributed by atoms with Gasteiger partial charge < -0.3 is 4.90 Å². The Hall–Kier alpha value is -3.31. The molecule has 0 unspecified atom stereocenters. The summed E-state index contributed by atoms with van der Waals surface area (Å²) in [7, 11) is 4.02. The molecular formula is C26H25N3OS. The summed E-state index contributed by atoms with van der Waals surface area (Å²) in [6.45, 7) is 4.04. The number of nitrogens with zero attached hydrogens (tertiary/aromatic N) is 3. The highest BCUT2D eigenvalue weighted by Crippen LogP contribution is 2.38. The van der Waals surface area contributed by atoms with Crippen molar-refractivity contribution in [3.8, 4) is 0 Å². The second kappa shape index (κ2) is 8.82. The van der Waals surface area contributed by atoms with Crippen LogP contribution in [0.4, 0.5) is 17.1 Å². The number of amides is 1. The average molecular weight is 428 g/mol. The van der Waals surface area contributed by atoms with Gasteiger partial charge in [-0.2, -0.15) is 0 Å². The normalized spacial score (nSPS) is 16.4. The Morgan fingerprint density at radius 3 is 2.16 bits per heavy atom. The van der Waals surface area contributed by atoms with Crippen LogP contribution in [0.5, 0.6) is 0 Å². The molecule has 0 atom stereocenters. The number of carbonyl (C=O) groups excluding carboxylic acids is 1. The Bertz CT molecular complexity index is 1180. The SMILES string of the molecule is Cc1ccccc1N=C1S/C(=C/c2ccc(N(C)C)cc2)C(=O)N1c1ccccc1C. The van der Waals surface area contributed by atoms with Crippen molar-refractivity contribution in [1.29, 1.82) is 0 Å². The zero-order valence-corrected chi connectivity index (χ0v) is 19.0. The van der Waals surface area contributed by atoms with Gasteiger partial charge in [0.15, 0.2) is 5.17 Å². The molecule has 1 aliphatic heterocycles. The lowest BCUT2D eigenvalue weighted by Gasteiger charge is -2.18. The van der Waals surface area contributed by atoms with Crippen molar-refractivity contribution >= 4 is 46.0 Å². The number of para-hydroxylation sites is 2. The van der Waals surface area contributed by atoms with E-state index < -0.39 is 0 Å². The fraction of sp³-hybridized carbons (Fsp3) is 0.154. The fourth-order valence-corrected chi connectivity index (χ4v) is 4.37. The molecule has 1 fully saturated rings. The third kappa shape index (κ3) is 4.42. The summed E-state index contributed by atoms with van der Waals surface area (Å²) in [5.41, 5.74) is 5.95. The van der Waals surface area contributed by atoms with Gasteiger partial charge in [-0.25, -0.2) is 4.99 Å². The number of aryl methyl sites for hydroxylation is 2. The lowest BCUT2D eigenvalue weighted by Crippen LogP contribution is -2.29. The number of aliphatic imine (C=N–C) groups is 1. The average Bonchev–Trinajstić information content (AvgIpc) is 3.05. The molecule has 4 nitrogen and oxygen atoms in total. The molecule has 4 rings (SSSR count). The van der Waals surface area contributed by atoms with Crippen LogP contribution in [-0.4, -0.2) is 25.2 Å². The zero-order valence-electron chi connectivity index (χ0n) is 18.2. The van der Waals surface area contributed by atoms with Gasteiger partial charge in [0.2, 0.25) is 0 Å². The molecular weight excluding hydrogens is 402 g/mol. The molecule has 0 aliphatic carbocycles. The van der Waals surface area contributed by atoms with E-state index in [1.807, 2.05) is 94.7 Å². The van der Waals surface area contributed by atoms with Gasteiger partial charge in [-0.3, -0.25) is 9.69 Å². The van der Waals surface area contributed by atoms with Crippen LogP contribution in [0.3, 0.4) is 0 Å². The van der Waals surface area contributed by atoms with E-state index in [0.717, 1.165) is 33.8 Å². The van der Waals surface area contributed by atoms with Gasteiger partial charge in [-0.05, 0) is 72.6 Å². The van der Waals surface area contributed by atoms with E-state index in [9.17, 15) is 4.79 Å². The Morgan fingerprint density at radius 2 is 1.52 bits per heavy atom. The van der Waals surface area contributed by atoms with Gasteiger partial charge in [0.25, 0.3) is 5.91 Å². The predicted molar refractivity (Wildman–Crippen MR) is 133 cm³/mol. The maximum Gasteiger partial charge on any atom is 0.271 e. The van der Waals surface area contributed by atoms with E-state index in [1.54, 1.807) is 4.90 Å². The first kappa shape index (κ1) is 20.9. The second-order valence-corrected chi connectivity index (χ2v) is 8.71. The number of anilines is 2. The summed E-state index contributed by atoms with van der Waals surface area (Å²) in [6, 6.07) is 24.1. The molecule has 1 saturated heterocycles. The van der Waals surface area contributed by atoms with E-state index in [0.29, 0.717) is 10.1 Å². The first-order valence-corrected chi connectivity index (χ1v) is 11.0. The van der Waals surface area contributed by atoms with E-state index in [4.69, 9.17) is 4.99 Å². The molecule has 1 heterocycles. The second-order valence-electron chi connectivity index (χ2n) is 7.70. The van der Waals surface area contributed by atoms with Crippen LogP contribution >= 0.6 is 11.8 Å². The molecule has 31 heavy (non-hydrogen) atoms. The van der Waals surface area contributed by atoms with Gasteiger partial charge >= 0.3 is 0 Å². The summed E-state index contributed by atoms with van der Waals surface area (Å²) in [5.74, 6) is -0.0525. The topological polar surface area (TPSA) is 35.9 Å². The molecule has 5 heteroatoms. The first-order chi connectivity index (χ1) is 14.9. The number of hydrogen-bond donors (Lipinski definition) is 0. The van der Waals surface area contributed by atoms with E-state index >= 15 is 0 Å². The predicted octanol–water partition coefficient (Wildman–Crippen LogP) is 6.18. The van der Waals surface area contributed by atoms with Gasteiger partial charge in [-0.1, -0.05) is 48.5 Å². The summed E-state index contributed by atoms with van der Waals surface area (Å²) in [4.78, 5) is 22.8. The van der Waals surface area contributed by atoms with Gasteiger partial charge in [-0.15, -0.1) is 0 Å². The summed E-state index contributed by atoms with van der Waals surface area (Å²) < 4.78 is 0. The minimum Gasteiger partial charge on any atom is -0.378 e. The molecule has 3 aromatic carbocycles. The Balaban J connectivity index is 1.77. The van der Waals surface area contributed by atoms with E-state index in [2.05, 4.69) is 17.0 Å². The number of rotatable bonds is 4. The van der Waals surface area contributed by atoms with Crippen LogP contribution < -0.4 is 9.80 Å². The summed E-state index contributed by atoms with van der Waals surface area (Å²) in [6.07, 6.45) is 1.94. The third-order valence-electron chi connectivity index (χ3n) is 5.20.